The molecule has 1 heterocycles. The molecule has 1 N–H and O–H groups in total. The third-order valence-corrected chi connectivity index (χ3v) is 6.46. The molecule has 7 nitrogen and oxygen atoms in total. The fourth-order valence-electron chi connectivity index (χ4n) is 4.11. The van der Waals surface area contributed by atoms with E-state index >= 15 is 0 Å². The maximum Gasteiger partial charge on any atom is 0.262 e. The number of rotatable bonds is 9. The second kappa shape index (κ2) is 12.4. The number of methoxy groups -OCH3 is 1. The third-order valence-electron chi connectivity index (χ3n) is 5.96. The van der Waals surface area contributed by atoms with Crippen molar-refractivity contribution in [3.8, 4) is 17.2 Å². The SMILES string of the molecule is CCOc1cc(C(=S)N2CCN(c3ccccc3F)CC2)ccc1OCC(=O)Nc1cccc(OC)c1. The number of nitrogens with zero attached hydrogens (tertiary/aromatic N) is 2. The first-order valence-corrected chi connectivity index (χ1v) is 12.5. The maximum absolute atomic E-state index is 14.2. The van der Waals surface area contributed by atoms with E-state index in [0.717, 1.165) is 5.56 Å². The molecule has 0 unspecified atom stereocenters. The van der Waals surface area contributed by atoms with E-state index < -0.39 is 0 Å². The van der Waals surface area contributed by atoms with Gasteiger partial charge in [0.1, 0.15) is 16.6 Å². The quantitative estimate of drug-likeness (QED) is 0.406. The van der Waals surface area contributed by atoms with Crippen LogP contribution in [0.2, 0.25) is 0 Å². The van der Waals surface area contributed by atoms with Crippen LogP contribution in [0.1, 0.15) is 12.5 Å². The van der Waals surface area contributed by atoms with Gasteiger partial charge >= 0.3 is 0 Å². The summed E-state index contributed by atoms with van der Waals surface area (Å²) >= 11 is 5.77. The van der Waals surface area contributed by atoms with Gasteiger partial charge < -0.3 is 29.3 Å². The molecule has 3 aromatic rings. The first kappa shape index (κ1) is 26.2. The zero-order valence-corrected chi connectivity index (χ0v) is 21.7. The molecule has 1 aliphatic rings. The van der Waals surface area contributed by atoms with E-state index in [-0.39, 0.29) is 18.3 Å². The van der Waals surface area contributed by atoms with E-state index in [1.807, 2.05) is 30.0 Å². The molecule has 0 radical (unpaired) electrons. The molecule has 1 saturated heterocycles. The van der Waals surface area contributed by atoms with Crippen LogP contribution < -0.4 is 24.4 Å². The number of halogens is 1. The van der Waals surface area contributed by atoms with Gasteiger partial charge in [0.15, 0.2) is 18.1 Å². The maximum atomic E-state index is 14.2. The molecule has 0 bridgehead atoms. The largest absolute Gasteiger partial charge is 0.497 e. The number of benzene rings is 3. The highest BCUT2D eigenvalue weighted by Gasteiger charge is 2.22. The lowest BCUT2D eigenvalue weighted by Gasteiger charge is -2.37. The summed E-state index contributed by atoms with van der Waals surface area (Å²) in [5, 5.41) is 2.79. The van der Waals surface area contributed by atoms with Gasteiger partial charge in [0.25, 0.3) is 5.91 Å². The Morgan fingerprint density at radius 1 is 0.973 bits per heavy atom. The highest BCUT2D eigenvalue weighted by Crippen LogP contribution is 2.30. The van der Waals surface area contributed by atoms with Gasteiger partial charge in [-0.1, -0.05) is 30.4 Å². The van der Waals surface area contributed by atoms with E-state index in [0.29, 0.717) is 66.4 Å². The summed E-state index contributed by atoms with van der Waals surface area (Å²) in [7, 11) is 1.57. The molecule has 9 heteroatoms. The van der Waals surface area contributed by atoms with Gasteiger partial charge in [0.2, 0.25) is 0 Å². The Bertz CT molecular complexity index is 1250. The lowest BCUT2D eigenvalue weighted by Crippen LogP contribution is -2.48. The van der Waals surface area contributed by atoms with Crippen molar-refractivity contribution in [3.05, 3.63) is 78.1 Å². The van der Waals surface area contributed by atoms with E-state index in [2.05, 4.69) is 10.2 Å². The summed E-state index contributed by atoms with van der Waals surface area (Å²) in [5.74, 6) is 1.10. The van der Waals surface area contributed by atoms with Gasteiger partial charge in [0, 0.05) is 43.5 Å². The Hall–Kier alpha value is -3.85. The molecule has 0 saturated carbocycles. The molecule has 194 valence electrons. The number of hydrogen-bond donors (Lipinski definition) is 1. The normalized spacial score (nSPS) is 13.2. The molecular weight excluding hydrogens is 493 g/mol. The topological polar surface area (TPSA) is 63.3 Å². The van der Waals surface area contributed by atoms with Crippen molar-refractivity contribution in [2.75, 3.05) is 56.7 Å². The second-order valence-electron chi connectivity index (χ2n) is 8.39. The fourth-order valence-corrected chi connectivity index (χ4v) is 4.42. The zero-order chi connectivity index (χ0) is 26.2. The van der Waals surface area contributed by atoms with Crippen LogP contribution >= 0.6 is 12.2 Å². The number of para-hydroxylation sites is 1. The smallest absolute Gasteiger partial charge is 0.262 e. The van der Waals surface area contributed by atoms with E-state index in [9.17, 15) is 9.18 Å². The Morgan fingerprint density at radius 2 is 1.76 bits per heavy atom. The molecule has 1 aliphatic heterocycles. The lowest BCUT2D eigenvalue weighted by molar-refractivity contribution is -0.118. The Balaban J connectivity index is 1.37. The molecule has 0 atom stereocenters. The predicted molar refractivity (Wildman–Crippen MR) is 147 cm³/mol. The highest BCUT2D eigenvalue weighted by molar-refractivity contribution is 7.80. The highest BCUT2D eigenvalue weighted by atomic mass is 32.1. The van der Waals surface area contributed by atoms with Crippen LogP contribution in [0.25, 0.3) is 0 Å². The molecule has 1 fully saturated rings. The van der Waals surface area contributed by atoms with Crippen LogP contribution in [0.3, 0.4) is 0 Å². The standard InChI is InChI=1S/C28H30FN3O4S/c1-3-35-26-17-20(28(37)32-15-13-31(14-16-32)24-10-5-4-9-23(24)29)11-12-25(26)36-19-27(33)30-21-7-6-8-22(18-21)34-2/h4-12,17-18H,3,13-16,19H2,1-2H3,(H,30,33). The Labute approximate surface area is 221 Å². The number of anilines is 2. The summed E-state index contributed by atoms with van der Waals surface area (Å²) in [6.45, 7) is 4.83. The first-order valence-electron chi connectivity index (χ1n) is 12.1. The van der Waals surface area contributed by atoms with Crippen molar-refractivity contribution in [3.63, 3.8) is 0 Å². The van der Waals surface area contributed by atoms with Crippen molar-refractivity contribution in [2.24, 2.45) is 0 Å². The average Bonchev–Trinajstić information content (AvgIpc) is 2.92. The van der Waals surface area contributed by atoms with Crippen LogP contribution in [0.15, 0.2) is 66.7 Å². The summed E-state index contributed by atoms with van der Waals surface area (Å²) in [6.07, 6.45) is 0. The van der Waals surface area contributed by atoms with Crippen LogP contribution in [0.4, 0.5) is 15.8 Å². The fraction of sp³-hybridized carbons (Fsp3) is 0.286. The monoisotopic (exact) mass is 523 g/mol. The van der Waals surface area contributed by atoms with Gasteiger partial charge in [-0.2, -0.15) is 0 Å². The predicted octanol–water partition coefficient (Wildman–Crippen LogP) is 4.75. The number of ether oxygens (including phenoxy) is 3. The third kappa shape index (κ3) is 6.68. The van der Waals surface area contributed by atoms with Crippen molar-refractivity contribution >= 4 is 34.5 Å². The Morgan fingerprint density at radius 3 is 2.49 bits per heavy atom. The number of carbonyl (C=O) groups is 1. The average molecular weight is 524 g/mol. The summed E-state index contributed by atoms with van der Waals surface area (Å²) in [5.41, 5.74) is 2.06. The molecule has 0 spiro atoms. The number of nitrogens with one attached hydrogen (secondary N) is 1. The van der Waals surface area contributed by atoms with Crippen LogP contribution in [0, 0.1) is 5.82 Å². The van der Waals surface area contributed by atoms with Gasteiger partial charge in [-0.05, 0) is 49.4 Å². The first-order chi connectivity index (χ1) is 18.0. The van der Waals surface area contributed by atoms with E-state index in [1.165, 1.54) is 6.07 Å². The van der Waals surface area contributed by atoms with Gasteiger partial charge in [-0.15, -0.1) is 0 Å². The molecule has 37 heavy (non-hydrogen) atoms. The lowest BCUT2D eigenvalue weighted by atomic mass is 10.1. The van der Waals surface area contributed by atoms with Gasteiger partial charge in [0.05, 0.1) is 19.4 Å². The van der Waals surface area contributed by atoms with Crippen molar-refractivity contribution < 1.29 is 23.4 Å². The van der Waals surface area contributed by atoms with Crippen molar-refractivity contribution in [2.45, 2.75) is 6.92 Å². The van der Waals surface area contributed by atoms with Crippen LogP contribution in [0.5, 0.6) is 17.2 Å². The number of hydrogen-bond acceptors (Lipinski definition) is 6. The van der Waals surface area contributed by atoms with E-state index in [4.69, 9.17) is 26.4 Å². The minimum atomic E-state index is -0.303. The molecule has 1 amide bonds. The zero-order valence-electron chi connectivity index (χ0n) is 20.9. The second-order valence-corrected chi connectivity index (χ2v) is 8.78. The van der Waals surface area contributed by atoms with E-state index in [1.54, 1.807) is 49.6 Å². The summed E-state index contributed by atoms with van der Waals surface area (Å²) in [6, 6.07) is 19.4. The van der Waals surface area contributed by atoms with Crippen LogP contribution in [-0.4, -0.2) is 62.3 Å². The number of carbonyl (C=O) groups excluding carboxylic acids is 1. The van der Waals surface area contributed by atoms with Crippen molar-refractivity contribution in [1.82, 2.24) is 4.90 Å². The minimum absolute atomic E-state index is 0.181. The van der Waals surface area contributed by atoms with Gasteiger partial charge in [-0.25, -0.2) is 4.39 Å². The minimum Gasteiger partial charge on any atom is -0.497 e. The number of amides is 1. The number of thiocarbonyl (C=S) groups is 1. The summed E-state index contributed by atoms with van der Waals surface area (Å²) in [4.78, 5) is 17.3. The molecule has 0 aliphatic carbocycles. The Kier molecular flexibility index (Phi) is 8.79. The number of piperazine rings is 1. The molecule has 0 aromatic heterocycles. The molecule has 3 aromatic carbocycles. The van der Waals surface area contributed by atoms with Gasteiger partial charge in [-0.3, -0.25) is 4.79 Å². The van der Waals surface area contributed by atoms with Crippen molar-refractivity contribution in [1.29, 1.82) is 0 Å². The molecular formula is C28H30FN3O4S. The summed E-state index contributed by atoms with van der Waals surface area (Å²) < 4.78 is 30.9. The van der Waals surface area contributed by atoms with Crippen LogP contribution in [-0.2, 0) is 4.79 Å². The molecule has 4 rings (SSSR count).